The molecule has 1 aromatic heterocycles. The zero-order chi connectivity index (χ0) is 25.0. The van der Waals surface area contributed by atoms with Crippen LogP contribution in [0.5, 0.6) is 11.5 Å². The van der Waals surface area contributed by atoms with Crippen LogP contribution in [0.3, 0.4) is 0 Å². The van der Waals surface area contributed by atoms with E-state index in [9.17, 15) is 9.59 Å². The molecule has 0 spiro atoms. The average molecular weight is 475 g/mol. The molecule has 0 radical (unpaired) electrons. The van der Waals surface area contributed by atoms with Crippen LogP contribution < -0.4 is 10.1 Å². The van der Waals surface area contributed by atoms with E-state index in [0.29, 0.717) is 11.6 Å². The van der Waals surface area contributed by atoms with Crippen molar-refractivity contribution in [2.75, 3.05) is 13.7 Å². The van der Waals surface area contributed by atoms with Crippen LogP contribution in [-0.2, 0) is 21.4 Å². The molecule has 1 amide bonds. The number of methoxy groups -OCH3 is 1. The highest BCUT2D eigenvalue weighted by molar-refractivity contribution is 5.98. The Morgan fingerprint density at radius 2 is 1.69 bits per heavy atom. The van der Waals surface area contributed by atoms with Crippen molar-refractivity contribution < 1.29 is 19.1 Å². The van der Waals surface area contributed by atoms with Crippen LogP contribution >= 0.6 is 0 Å². The van der Waals surface area contributed by atoms with Gasteiger partial charge in [0.25, 0.3) is 5.91 Å². The largest absolute Gasteiger partial charge is 0.468 e. The van der Waals surface area contributed by atoms with Crippen molar-refractivity contribution in [3.63, 3.8) is 0 Å². The molecule has 4 rings (SSSR count). The van der Waals surface area contributed by atoms with Crippen LogP contribution in [0.2, 0.25) is 0 Å². The van der Waals surface area contributed by atoms with E-state index >= 15 is 0 Å². The summed E-state index contributed by atoms with van der Waals surface area (Å²) in [5.74, 6) is 1.19. The fraction of sp³-hybridized carbons (Fsp3) is 0.414. The second-order valence-electron chi connectivity index (χ2n) is 10.3. The van der Waals surface area contributed by atoms with Gasteiger partial charge in [0.05, 0.1) is 7.11 Å². The molecular formula is C29H34N2O4. The summed E-state index contributed by atoms with van der Waals surface area (Å²) in [6.07, 6.45) is 5.65. The van der Waals surface area contributed by atoms with Gasteiger partial charge in [0, 0.05) is 11.1 Å². The number of carbonyl (C=O) groups excluding carboxylic acids is 2. The van der Waals surface area contributed by atoms with Crippen molar-refractivity contribution >= 4 is 22.6 Å². The van der Waals surface area contributed by atoms with Crippen molar-refractivity contribution in [1.82, 2.24) is 10.3 Å². The van der Waals surface area contributed by atoms with E-state index in [-0.39, 0.29) is 17.9 Å². The molecule has 1 fully saturated rings. The second kappa shape index (κ2) is 10.5. The highest BCUT2D eigenvalue weighted by atomic mass is 16.5. The van der Waals surface area contributed by atoms with Gasteiger partial charge in [0.2, 0.25) is 0 Å². The van der Waals surface area contributed by atoms with Gasteiger partial charge in [-0.25, -0.2) is 4.98 Å². The smallest absolute Gasteiger partial charge is 0.325 e. The number of ether oxygens (including phenoxy) is 2. The predicted molar refractivity (Wildman–Crippen MR) is 137 cm³/mol. The number of hydrogen-bond acceptors (Lipinski definition) is 5. The summed E-state index contributed by atoms with van der Waals surface area (Å²) >= 11 is 0. The van der Waals surface area contributed by atoms with Crippen molar-refractivity contribution in [2.24, 2.45) is 5.92 Å². The molecule has 1 heterocycles. The highest BCUT2D eigenvalue weighted by Crippen LogP contribution is 2.33. The molecule has 0 aliphatic heterocycles. The van der Waals surface area contributed by atoms with Gasteiger partial charge in [0.15, 0.2) is 0 Å². The minimum absolute atomic E-state index is 0.0864. The monoisotopic (exact) mass is 474 g/mol. The summed E-state index contributed by atoms with van der Waals surface area (Å²) < 4.78 is 10.8. The van der Waals surface area contributed by atoms with E-state index in [4.69, 9.17) is 9.72 Å². The lowest BCUT2D eigenvalue weighted by molar-refractivity contribution is -0.139. The Kier molecular flexibility index (Phi) is 7.39. The van der Waals surface area contributed by atoms with Crippen molar-refractivity contribution in [3.8, 4) is 11.5 Å². The van der Waals surface area contributed by atoms with Gasteiger partial charge in [-0.3, -0.25) is 9.59 Å². The number of hydrogen-bond donors (Lipinski definition) is 1. The van der Waals surface area contributed by atoms with Gasteiger partial charge in [0.1, 0.15) is 23.7 Å². The predicted octanol–water partition coefficient (Wildman–Crippen LogP) is 5.96. The first-order chi connectivity index (χ1) is 16.7. The number of esters is 1. The first-order valence-corrected chi connectivity index (χ1v) is 12.3. The van der Waals surface area contributed by atoms with Crippen LogP contribution in [0.15, 0.2) is 48.5 Å². The SMILES string of the molecule is COC(=O)CNC(=O)c1cc2ccc(Oc3ccc(C(C)(C)C)cc3)cc2c(CC2CCCC2)n1. The maximum absolute atomic E-state index is 12.7. The van der Waals surface area contributed by atoms with Gasteiger partial charge >= 0.3 is 5.97 Å². The van der Waals surface area contributed by atoms with Gasteiger partial charge in [-0.05, 0) is 59.0 Å². The summed E-state index contributed by atoms with van der Waals surface area (Å²) in [5, 5.41) is 4.51. The number of rotatable bonds is 7. The maximum atomic E-state index is 12.7. The minimum Gasteiger partial charge on any atom is -0.468 e. The number of aromatic nitrogens is 1. The lowest BCUT2D eigenvalue weighted by atomic mass is 9.87. The zero-order valence-corrected chi connectivity index (χ0v) is 21.0. The van der Waals surface area contributed by atoms with E-state index in [1.54, 1.807) is 6.07 Å². The molecule has 1 N–H and O–H groups in total. The van der Waals surface area contributed by atoms with E-state index in [1.807, 2.05) is 30.3 Å². The molecule has 3 aromatic rings. The third-order valence-corrected chi connectivity index (χ3v) is 6.65. The molecule has 35 heavy (non-hydrogen) atoms. The molecule has 0 bridgehead atoms. The van der Waals surface area contributed by atoms with Crippen molar-refractivity contribution in [2.45, 2.75) is 58.3 Å². The summed E-state index contributed by atoms with van der Waals surface area (Å²) in [6, 6.07) is 15.8. The van der Waals surface area contributed by atoms with E-state index in [0.717, 1.165) is 34.4 Å². The third-order valence-electron chi connectivity index (χ3n) is 6.65. The second-order valence-corrected chi connectivity index (χ2v) is 10.3. The van der Waals surface area contributed by atoms with Gasteiger partial charge in [-0.15, -0.1) is 0 Å². The maximum Gasteiger partial charge on any atom is 0.325 e. The average Bonchev–Trinajstić information content (AvgIpc) is 3.35. The molecule has 0 unspecified atom stereocenters. The number of carbonyl (C=O) groups is 2. The Labute approximate surface area is 207 Å². The fourth-order valence-electron chi connectivity index (χ4n) is 4.59. The number of benzene rings is 2. The third kappa shape index (κ3) is 6.18. The standard InChI is InChI=1S/C29H34N2O4/c1-29(2,3)21-10-13-22(14-11-21)35-23-12-9-20-16-26(28(33)30-18-27(32)34-4)31-25(24(20)17-23)15-19-7-5-6-8-19/h9-14,16-17,19H,5-8,15,18H2,1-4H3,(H,30,33). The summed E-state index contributed by atoms with van der Waals surface area (Å²) in [4.78, 5) is 28.9. The number of nitrogens with one attached hydrogen (secondary N) is 1. The number of fused-ring (bicyclic) bond motifs is 1. The van der Waals surface area contributed by atoms with E-state index in [1.165, 1.54) is 38.4 Å². The van der Waals surface area contributed by atoms with Gasteiger partial charge in [-0.2, -0.15) is 0 Å². The van der Waals surface area contributed by atoms with Crippen LogP contribution in [0.1, 0.15) is 68.2 Å². The lowest BCUT2D eigenvalue weighted by Crippen LogP contribution is -2.31. The summed E-state index contributed by atoms with van der Waals surface area (Å²) in [6.45, 7) is 6.38. The number of amides is 1. The fourth-order valence-corrected chi connectivity index (χ4v) is 4.59. The zero-order valence-electron chi connectivity index (χ0n) is 21.0. The van der Waals surface area contributed by atoms with Gasteiger partial charge < -0.3 is 14.8 Å². The molecule has 6 heteroatoms. The molecule has 1 saturated carbocycles. The van der Waals surface area contributed by atoms with Crippen LogP contribution in [-0.4, -0.2) is 30.5 Å². The summed E-state index contributed by atoms with van der Waals surface area (Å²) in [7, 11) is 1.29. The molecule has 2 aromatic carbocycles. The van der Waals surface area contributed by atoms with Crippen molar-refractivity contribution in [1.29, 1.82) is 0 Å². The molecule has 6 nitrogen and oxygen atoms in total. The molecule has 0 atom stereocenters. The first kappa shape index (κ1) is 24.7. The minimum atomic E-state index is -0.498. The highest BCUT2D eigenvalue weighted by Gasteiger charge is 2.20. The molecule has 0 saturated heterocycles. The Balaban J connectivity index is 1.63. The Hall–Kier alpha value is -3.41. The quantitative estimate of drug-likeness (QED) is 0.428. The molecule has 184 valence electrons. The Bertz CT molecular complexity index is 1210. The topological polar surface area (TPSA) is 77.5 Å². The van der Waals surface area contributed by atoms with Crippen LogP contribution in [0.4, 0.5) is 0 Å². The van der Waals surface area contributed by atoms with Crippen LogP contribution in [0, 0.1) is 5.92 Å². The molecule has 1 aliphatic carbocycles. The molecular weight excluding hydrogens is 440 g/mol. The first-order valence-electron chi connectivity index (χ1n) is 12.3. The Morgan fingerprint density at radius 3 is 2.34 bits per heavy atom. The van der Waals surface area contributed by atoms with Crippen LogP contribution in [0.25, 0.3) is 10.8 Å². The van der Waals surface area contributed by atoms with E-state index in [2.05, 4.69) is 43.0 Å². The normalized spacial score (nSPS) is 14.2. The molecule has 1 aliphatic rings. The van der Waals surface area contributed by atoms with Gasteiger partial charge in [-0.1, -0.05) is 64.7 Å². The number of nitrogens with zero attached hydrogens (tertiary/aromatic N) is 1. The van der Waals surface area contributed by atoms with Crippen molar-refractivity contribution in [3.05, 3.63) is 65.5 Å². The Morgan fingerprint density at radius 1 is 1.00 bits per heavy atom. The lowest BCUT2D eigenvalue weighted by Gasteiger charge is -2.19. The number of pyridine rings is 1. The van der Waals surface area contributed by atoms with E-state index < -0.39 is 5.97 Å². The summed E-state index contributed by atoms with van der Waals surface area (Å²) in [5.41, 5.74) is 2.54.